The van der Waals surface area contributed by atoms with Crippen LogP contribution < -0.4 is 10.0 Å². The highest BCUT2D eigenvalue weighted by atomic mass is 32.2. The lowest BCUT2D eigenvalue weighted by molar-refractivity contribution is -0.125. The van der Waals surface area contributed by atoms with E-state index in [0.29, 0.717) is 11.7 Å². The molecule has 86 valence electrons. The number of rotatable bonds is 7. The van der Waals surface area contributed by atoms with Gasteiger partial charge in [0.1, 0.15) is 6.04 Å². The van der Waals surface area contributed by atoms with Crippen LogP contribution in [0.1, 0.15) is 33.1 Å². The zero-order valence-electron chi connectivity index (χ0n) is 9.16. The minimum absolute atomic E-state index is 0.0895. The number of nitrogens with one attached hydrogen (secondary N) is 2. The maximum Gasteiger partial charge on any atom is 0.252 e. The molecule has 0 radical (unpaired) electrons. The van der Waals surface area contributed by atoms with Crippen LogP contribution in [-0.4, -0.2) is 23.6 Å². The van der Waals surface area contributed by atoms with E-state index in [0.717, 1.165) is 6.42 Å². The van der Waals surface area contributed by atoms with Gasteiger partial charge in [-0.1, -0.05) is 20.3 Å². The Labute approximate surface area is 94.7 Å². The molecule has 0 heterocycles. The Morgan fingerprint density at radius 1 is 1.60 bits per heavy atom. The van der Waals surface area contributed by atoms with E-state index in [4.69, 9.17) is 0 Å². The van der Waals surface area contributed by atoms with E-state index in [-0.39, 0.29) is 11.8 Å². The molecule has 5 heteroatoms. The molecule has 0 bridgehead atoms. The van der Waals surface area contributed by atoms with E-state index in [9.17, 15) is 9.59 Å². The monoisotopic (exact) mass is 230 g/mol. The molecule has 0 aliphatic heterocycles. The molecule has 0 saturated heterocycles. The first-order valence-corrected chi connectivity index (χ1v) is 6.22. The Morgan fingerprint density at radius 3 is 2.73 bits per heavy atom. The number of hydrogen-bond donors (Lipinski definition) is 2. The SMILES string of the molecule is CC[C@H](C)C(NC=O)C(=O)NSC1CC1. The van der Waals surface area contributed by atoms with Gasteiger partial charge in [-0.3, -0.25) is 14.3 Å². The summed E-state index contributed by atoms with van der Waals surface area (Å²) in [7, 11) is 0. The number of carbonyl (C=O) groups excluding carboxylic acids is 2. The highest BCUT2D eigenvalue weighted by molar-refractivity contribution is 7.98. The Kier molecular flexibility index (Phi) is 4.94. The predicted molar refractivity (Wildman–Crippen MR) is 61.2 cm³/mol. The highest BCUT2D eigenvalue weighted by Gasteiger charge is 2.27. The average molecular weight is 230 g/mol. The first kappa shape index (κ1) is 12.4. The summed E-state index contributed by atoms with van der Waals surface area (Å²) in [6.45, 7) is 3.97. The zero-order chi connectivity index (χ0) is 11.3. The third-order valence-electron chi connectivity index (χ3n) is 2.59. The number of hydrogen-bond acceptors (Lipinski definition) is 3. The van der Waals surface area contributed by atoms with Gasteiger partial charge < -0.3 is 5.32 Å². The lowest BCUT2D eigenvalue weighted by Crippen LogP contribution is -2.45. The van der Waals surface area contributed by atoms with Gasteiger partial charge in [0.25, 0.3) is 5.91 Å². The second-order valence-corrected chi connectivity index (χ2v) is 5.04. The largest absolute Gasteiger partial charge is 0.347 e. The molecule has 1 saturated carbocycles. The van der Waals surface area contributed by atoms with E-state index < -0.39 is 6.04 Å². The van der Waals surface area contributed by atoms with Crippen LogP contribution >= 0.6 is 11.9 Å². The molecule has 0 spiro atoms. The third kappa shape index (κ3) is 4.11. The fourth-order valence-electron chi connectivity index (χ4n) is 1.20. The molecule has 1 aliphatic rings. The van der Waals surface area contributed by atoms with Gasteiger partial charge in [-0.15, -0.1) is 0 Å². The molecule has 4 nitrogen and oxygen atoms in total. The zero-order valence-corrected chi connectivity index (χ0v) is 9.97. The number of carbonyl (C=O) groups is 2. The topological polar surface area (TPSA) is 58.2 Å². The Morgan fingerprint density at radius 2 is 2.27 bits per heavy atom. The van der Waals surface area contributed by atoms with Crippen LogP contribution in [0.15, 0.2) is 0 Å². The van der Waals surface area contributed by atoms with Crippen LogP contribution in [0.2, 0.25) is 0 Å². The summed E-state index contributed by atoms with van der Waals surface area (Å²) < 4.78 is 2.80. The van der Waals surface area contributed by atoms with Crippen LogP contribution in [0.25, 0.3) is 0 Å². The van der Waals surface area contributed by atoms with Crippen LogP contribution in [0, 0.1) is 5.92 Å². The number of amides is 2. The van der Waals surface area contributed by atoms with Crippen LogP contribution in [0.4, 0.5) is 0 Å². The van der Waals surface area contributed by atoms with E-state index >= 15 is 0 Å². The van der Waals surface area contributed by atoms with Gasteiger partial charge in [0.2, 0.25) is 6.41 Å². The molecule has 15 heavy (non-hydrogen) atoms. The van der Waals surface area contributed by atoms with Crippen molar-refractivity contribution >= 4 is 24.3 Å². The van der Waals surface area contributed by atoms with Crippen molar-refractivity contribution in [1.82, 2.24) is 10.0 Å². The Balaban J connectivity index is 2.37. The summed E-state index contributed by atoms with van der Waals surface area (Å²) in [5.41, 5.74) is 0. The Bertz CT molecular complexity index is 231. The molecule has 2 amide bonds. The van der Waals surface area contributed by atoms with Crippen LogP contribution in [0.3, 0.4) is 0 Å². The molecule has 0 aromatic rings. The van der Waals surface area contributed by atoms with E-state index in [1.54, 1.807) is 0 Å². The molecule has 1 fully saturated rings. The van der Waals surface area contributed by atoms with Crippen LogP contribution in [0.5, 0.6) is 0 Å². The minimum Gasteiger partial charge on any atom is -0.347 e. The molecule has 0 aromatic heterocycles. The first-order chi connectivity index (χ1) is 7.19. The highest BCUT2D eigenvalue weighted by Crippen LogP contribution is 2.31. The maximum atomic E-state index is 11.7. The Hall–Kier alpha value is -0.710. The van der Waals surface area contributed by atoms with Crippen LogP contribution in [-0.2, 0) is 9.59 Å². The fraction of sp³-hybridized carbons (Fsp3) is 0.800. The molecule has 2 N–H and O–H groups in total. The van der Waals surface area contributed by atoms with Crippen molar-refractivity contribution in [2.45, 2.75) is 44.4 Å². The normalized spacial score (nSPS) is 19.1. The minimum atomic E-state index is -0.404. The summed E-state index contributed by atoms with van der Waals surface area (Å²) in [6.07, 6.45) is 3.82. The van der Waals surface area contributed by atoms with Crippen molar-refractivity contribution in [3.05, 3.63) is 0 Å². The molecule has 0 aromatic carbocycles. The van der Waals surface area contributed by atoms with Crippen molar-refractivity contribution in [3.8, 4) is 0 Å². The molecular weight excluding hydrogens is 212 g/mol. The quantitative estimate of drug-likeness (QED) is 0.508. The fourth-order valence-corrected chi connectivity index (χ4v) is 1.98. The summed E-state index contributed by atoms with van der Waals surface area (Å²) in [5, 5.41) is 3.16. The summed E-state index contributed by atoms with van der Waals surface area (Å²) in [4.78, 5) is 22.1. The van der Waals surface area contributed by atoms with Gasteiger partial charge in [0.15, 0.2) is 0 Å². The molecule has 2 atom stereocenters. The van der Waals surface area contributed by atoms with Crippen molar-refractivity contribution in [3.63, 3.8) is 0 Å². The lowest BCUT2D eigenvalue weighted by Gasteiger charge is -2.20. The molecule has 1 rings (SSSR count). The van der Waals surface area contributed by atoms with E-state index in [2.05, 4.69) is 10.0 Å². The third-order valence-corrected chi connectivity index (χ3v) is 3.72. The van der Waals surface area contributed by atoms with Crippen molar-refractivity contribution in [2.75, 3.05) is 0 Å². The van der Waals surface area contributed by atoms with Gasteiger partial charge in [-0.2, -0.15) is 0 Å². The van der Waals surface area contributed by atoms with Gasteiger partial charge in [-0.25, -0.2) is 0 Å². The van der Waals surface area contributed by atoms with Gasteiger partial charge in [-0.05, 0) is 30.7 Å². The van der Waals surface area contributed by atoms with Crippen molar-refractivity contribution in [1.29, 1.82) is 0 Å². The first-order valence-electron chi connectivity index (χ1n) is 5.34. The van der Waals surface area contributed by atoms with Crippen molar-refractivity contribution < 1.29 is 9.59 Å². The second kappa shape index (κ2) is 6.00. The summed E-state index contributed by atoms with van der Waals surface area (Å²) in [5.74, 6) is 0.0725. The van der Waals surface area contributed by atoms with Gasteiger partial charge in [0.05, 0.1) is 0 Å². The average Bonchev–Trinajstić information content (AvgIpc) is 3.05. The van der Waals surface area contributed by atoms with E-state index in [1.807, 2.05) is 13.8 Å². The summed E-state index contributed by atoms with van der Waals surface area (Å²) >= 11 is 1.48. The molecule has 1 unspecified atom stereocenters. The molecular formula is C10H18N2O2S. The maximum absolute atomic E-state index is 11.7. The standard InChI is InChI=1S/C10H18N2O2S/c1-3-7(2)9(11-6-13)10(14)12-15-8-4-5-8/h6-9H,3-5H2,1-2H3,(H,11,13)(H,12,14)/t7-,9?/m0/s1. The lowest BCUT2D eigenvalue weighted by atomic mass is 9.99. The van der Waals surface area contributed by atoms with Crippen molar-refractivity contribution in [2.24, 2.45) is 5.92 Å². The smallest absolute Gasteiger partial charge is 0.252 e. The predicted octanol–water partition coefficient (Wildman–Crippen LogP) is 1.07. The van der Waals surface area contributed by atoms with Gasteiger partial charge >= 0.3 is 0 Å². The van der Waals surface area contributed by atoms with Gasteiger partial charge in [0, 0.05) is 5.25 Å². The summed E-state index contributed by atoms with van der Waals surface area (Å²) in [6, 6.07) is -0.404. The molecule has 1 aliphatic carbocycles. The second-order valence-electron chi connectivity index (χ2n) is 3.93. The van der Waals surface area contributed by atoms with E-state index in [1.165, 1.54) is 24.8 Å².